The van der Waals surface area contributed by atoms with Crippen molar-refractivity contribution >= 4 is 11.9 Å². The summed E-state index contributed by atoms with van der Waals surface area (Å²) in [5.41, 5.74) is 0.951. The van der Waals surface area contributed by atoms with Crippen molar-refractivity contribution in [1.29, 1.82) is 0 Å². The standard InChI is InChI=1S/C19H23NO6/c1-24-13-2-5-16-12(10-13)11-25-19(26-16)6-8-20(9-7-19)17(21)14-3-4-15(14)18(22)23/h2,5,10,14-15H,3-4,6-9,11H2,1H3,(H,22,23). The summed E-state index contributed by atoms with van der Waals surface area (Å²) < 4.78 is 17.4. The highest BCUT2D eigenvalue weighted by Gasteiger charge is 2.46. The van der Waals surface area contributed by atoms with Crippen molar-refractivity contribution < 1.29 is 28.9 Å². The van der Waals surface area contributed by atoms with Crippen LogP contribution in [0.1, 0.15) is 31.2 Å². The van der Waals surface area contributed by atoms with E-state index >= 15 is 0 Å². The van der Waals surface area contributed by atoms with E-state index in [4.69, 9.17) is 19.3 Å². The third-order valence-corrected chi connectivity index (χ3v) is 5.80. The molecule has 0 aromatic heterocycles. The molecule has 2 unspecified atom stereocenters. The fourth-order valence-electron chi connectivity index (χ4n) is 3.97. The van der Waals surface area contributed by atoms with E-state index in [0.717, 1.165) is 17.1 Å². The summed E-state index contributed by atoms with van der Waals surface area (Å²) in [5.74, 6) is -0.953. The van der Waals surface area contributed by atoms with Crippen molar-refractivity contribution in [3.8, 4) is 11.5 Å². The smallest absolute Gasteiger partial charge is 0.307 e. The first-order valence-corrected chi connectivity index (χ1v) is 9.03. The van der Waals surface area contributed by atoms with Crippen LogP contribution in [-0.2, 0) is 20.9 Å². The molecule has 3 aliphatic rings. The predicted octanol–water partition coefficient (Wildman–Crippen LogP) is 2.03. The normalized spacial score (nSPS) is 26.4. The van der Waals surface area contributed by atoms with Crippen LogP contribution in [0.2, 0.25) is 0 Å². The Kier molecular flexibility index (Phi) is 4.26. The summed E-state index contributed by atoms with van der Waals surface area (Å²) in [6, 6.07) is 5.66. The molecule has 2 atom stereocenters. The Bertz CT molecular complexity index is 725. The van der Waals surface area contributed by atoms with Gasteiger partial charge in [-0.15, -0.1) is 0 Å². The molecular weight excluding hydrogens is 338 g/mol. The number of hydrogen-bond acceptors (Lipinski definition) is 5. The zero-order valence-electron chi connectivity index (χ0n) is 14.8. The highest BCUT2D eigenvalue weighted by atomic mass is 16.7. The van der Waals surface area contributed by atoms with Crippen molar-refractivity contribution in [3.63, 3.8) is 0 Å². The van der Waals surface area contributed by atoms with E-state index in [1.807, 2.05) is 18.2 Å². The van der Waals surface area contributed by atoms with Gasteiger partial charge in [-0.05, 0) is 31.0 Å². The molecular formula is C19H23NO6. The second-order valence-electron chi connectivity index (χ2n) is 7.23. The number of carbonyl (C=O) groups excluding carboxylic acids is 1. The number of nitrogens with zero attached hydrogens (tertiary/aromatic N) is 1. The van der Waals surface area contributed by atoms with E-state index in [1.165, 1.54) is 0 Å². The average molecular weight is 361 g/mol. The lowest BCUT2D eigenvalue weighted by Gasteiger charge is -2.45. The second-order valence-corrected chi connectivity index (χ2v) is 7.23. The fraction of sp³-hybridized carbons (Fsp3) is 0.579. The number of benzene rings is 1. The van der Waals surface area contributed by atoms with Crippen LogP contribution in [0.4, 0.5) is 0 Å². The zero-order chi connectivity index (χ0) is 18.3. The number of piperidine rings is 1. The molecule has 2 heterocycles. The second kappa shape index (κ2) is 6.46. The number of carboxylic acid groups (broad SMARTS) is 1. The average Bonchev–Trinajstić information content (AvgIpc) is 2.60. The molecule has 2 fully saturated rings. The van der Waals surface area contributed by atoms with E-state index in [0.29, 0.717) is 45.4 Å². The molecule has 2 aliphatic heterocycles. The minimum Gasteiger partial charge on any atom is -0.497 e. The molecule has 140 valence electrons. The van der Waals surface area contributed by atoms with E-state index in [2.05, 4.69) is 0 Å². The molecule has 26 heavy (non-hydrogen) atoms. The van der Waals surface area contributed by atoms with Crippen molar-refractivity contribution in [3.05, 3.63) is 23.8 Å². The quantitative estimate of drug-likeness (QED) is 0.887. The van der Waals surface area contributed by atoms with Gasteiger partial charge in [0.25, 0.3) is 0 Å². The van der Waals surface area contributed by atoms with Crippen LogP contribution in [0, 0.1) is 11.8 Å². The van der Waals surface area contributed by atoms with Crippen molar-refractivity contribution in [2.45, 2.75) is 38.1 Å². The molecule has 0 radical (unpaired) electrons. The van der Waals surface area contributed by atoms with Crippen LogP contribution < -0.4 is 9.47 Å². The fourth-order valence-corrected chi connectivity index (χ4v) is 3.97. The Hall–Kier alpha value is -2.28. The van der Waals surface area contributed by atoms with Crippen molar-refractivity contribution in [2.24, 2.45) is 11.8 Å². The Balaban J connectivity index is 1.39. The van der Waals surface area contributed by atoms with Gasteiger partial charge in [0.15, 0.2) is 0 Å². The lowest BCUT2D eigenvalue weighted by atomic mass is 9.72. The van der Waals surface area contributed by atoms with Gasteiger partial charge in [0.2, 0.25) is 11.7 Å². The number of likely N-dealkylation sites (tertiary alicyclic amines) is 1. The lowest BCUT2D eigenvalue weighted by molar-refractivity contribution is -0.228. The predicted molar refractivity (Wildman–Crippen MR) is 90.8 cm³/mol. The molecule has 1 amide bonds. The van der Waals surface area contributed by atoms with Gasteiger partial charge in [-0.1, -0.05) is 0 Å². The first kappa shape index (κ1) is 17.1. The van der Waals surface area contributed by atoms with E-state index < -0.39 is 17.7 Å². The number of rotatable bonds is 3. The SMILES string of the molecule is COc1ccc2c(c1)COC1(CCN(C(=O)C3CCC3C(=O)O)CC1)O2. The summed E-state index contributed by atoms with van der Waals surface area (Å²) in [5, 5.41) is 9.16. The van der Waals surface area contributed by atoms with Gasteiger partial charge in [0.1, 0.15) is 11.5 Å². The largest absolute Gasteiger partial charge is 0.497 e. The topological polar surface area (TPSA) is 85.3 Å². The van der Waals surface area contributed by atoms with Gasteiger partial charge in [0, 0.05) is 31.5 Å². The van der Waals surface area contributed by atoms with Gasteiger partial charge < -0.3 is 24.2 Å². The Morgan fingerprint density at radius 3 is 2.58 bits per heavy atom. The number of fused-ring (bicyclic) bond motifs is 1. The monoisotopic (exact) mass is 361 g/mol. The summed E-state index contributed by atoms with van der Waals surface area (Å²) in [6.07, 6.45) is 2.42. The lowest BCUT2D eigenvalue weighted by Crippen LogP contribution is -2.55. The molecule has 0 bridgehead atoms. The number of carbonyl (C=O) groups is 2. The number of carboxylic acids is 1. The van der Waals surface area contributed by atoms with E-state index in [-0.39, 0.29) is 11.8 Å². The number of amides is 1. The van der Waals surface area contributed by atoms with Gasteiger partial charge in [-0.3, -0.25) is 9.59 Å². The molecule has 1 spiro atoms. The van der Waals surface area contributed by atoms with Crippen LogP contribution in [0.25, 0.3) is 0 Å². The van der Waals surface area contributed by atoms with Crippen LogP contribution >= 0.6 is 0 Å². The van der Waals surface area contributed by atoms with Crippen LogP contribution in [0.5, 0.6) is 11.5 Å². The molecule has 1 aliphatic carbocycles. The molecule has 1 aromatic rings. The first-order valence-electron chi connectivity index (χ1n) is 9.03. The molecule has 7 nitrogen and oxygen atoms in total. The highest BCUT2D eigenvalue weighted by molar-refractivity contribution is 5.86. The van der Waals surface area contributed by atoms with Crippen molar-refractivity contribution in [1.82, 2.24) is 4.90 Å². The van der Waals surface area contributed by atoms with Crippen LogP contribution in [0.3, 0.4) is 0 Å². The van der Waals surface area contributed by atoms with E-state index in [9.17, 15) is 9.59 Å². The van der Waals surface area contributed by atoms with Crippen LogP contribution in [-0.4, -0.2) is 47.9 Å². The number of ether oxygens (including phenoxy) is 3. The maximum atomic E-state index is 12.6. The van der Waals surface area contributed by atoms with Gasteiger partial charge in [-0.2, -0.15) is 0 Å². The summed E-state index contributed by atoms with van der Waals surface area (Å²) >= 11 is 0. The third-order valence-electron chi connectivity index (χ3n) is 5.80. The maximum absolute atomic E-state index is 12.6. The highest BCUT2D eigenvalue weighted by Crippen LogP contribution is 2.40. The Morgan fingerprint density at radius 2 is 1.96 bits per heavy atom. The van der Waals surface area contributed by atoms with E-state index in [1.54, 1.807) is 12.0 Å². The van der Waals surface area contributed by atoms with Gasteiger partial charge in [-0.25, -0.2) is 0 Å². The molecule has 1 saturated carbocycles. The summed E-state index contributed by atoms with van der Waals surface area (Å²) in [4.78, 5) is 25.5. The molecule has 7 heteroatoms. The molecule has 1 saturated heterocycles. The summed E-state index contributed by atoms with van der Waals surface area (Å²) in [7, 11) is 1.62. The summed E-state index contributed by atoms with van der Waals surface area (Å²) in [6.45, 7) is 1.49. The number of aliphatic carboxylic acids is 1. The zero-order valence-corrected chi connectivity index (χ0v) is 14.8. The van der Waals surface area contributed by atoms with Gasteiger partial charge >= 0.3 is 5.97 Å². The first-order chi connectivity index (χ1) is 12.5. The van der Waals surface area contributed by atoms with Gasteiger partial charge in [0.05, 0.1) is 25.6 Å². The number of methoxy groups -OCH3 is 1. The maximum Gasteiger partial charge on any atom is 0.307 e. The number of hydrogen-bond donors (Lipinski definition) is 1. The molecule has 4 rings (SSSR count). The Labute approximate surface area is 151 Å². The third kappa shape index (κ3) is 2.90. The van der Waals surface area contributed by atoms with Crippen molar-refractivity contribution in [2.75, 3.05) is 20.2 Å². The minimum atomic E-state index is -0.867. The molecule has 1 N–H and O–H groups in total. The molecule has 1 aromatic carbocycles. The minimum absolute atomic E-state index is 0.0422. The van der Waals surface area contributed by atoms with Crippen LogP contribution in [0.15, 0.2) is 18.2 Å². The Morgan fingerprint density at radius 1 is 1.23 bits per heavy atom.